The van der Waals surface area contributed by atoms with Crippen molar-refractivity contribution in [3.05, 3.63) is 36.3 Å². The Morgan fingerprint density at radius 2 is 2.12 bits per heavy atom. The van der Waals surface area contributed by atoms with Gasteiger partial charge in [0.05, 0.1) is 12.5 Å². The molecule has 1 fully saturated rings. The van der Waals surface area contributed by atoms with Crippen molar-refractivity contribution in [3.63, 3.8) is 0 Å². The molecule has 1 aromatic carbocycles. The van der Waals surface area contributed by atoms with Crippen molar-refractivity contribution in [2.24, 2.45) is 5.92 Å². The Hall–Kier alpha value is -3.33. The number of aromatic amines is 1. The van der Waals surface area contributed by atoms with Gasteiger partial charge in [-0.2, -0.15) is 0 Å². The number of likely N-dealkylation sites (N-methyl/N-ethyl adjacent to an activating group) is 1. The van der Waals surface area contributed by atoms with Crippen molar-refractivity contribution in [1.29, 1.82) is 0 Å². The third-order valence-corrected chi connectivity index (χ3v) is 6.33. The number of benzene rings is 1. The maximum Gasteiger partial charge on any atom is 0.260 e. The van der Waals surface area contributed by atoms with Crippen LogP contribution in [0, 0.1) is 5.92 Å². The van der Waals surface area contributed by atoms with Gasteiger partial charge in [-0.15, -0.1) is 0 Å². The van der Waals surface area contributed by atoms with Gasteiger partial charge in [0.1, 0.15) is 17.8 Å². The quantitative estimate of drug-likeness (QED) is 0.633. The summed E-state index contributed by atoms with van der Waals surface area (Å²) < 4.78 is 11.3. The number of hydrogen-bond acceptors (Lipinski definition) is 7. The molecule has 2 bridgehead atoms. The Bertz CT molecular complexity index is 1140. The molecule has 2 N–H and O–H groups in total. The SMILES string of the molecule is COc1ccc2cc1OCC(=O)N(C)CCCN(CC1CC1)Cc1c[nH]c3ncnc(c13)N2. The molecule has 3 heterocycles. The number of anilines is 2. The second kappa shape index (κ2) is 9.27. The first-order chi connectivity index (χ1) is 16.1. The molecule has 2 aliphatic rings. The van der Waals surface area contributed by atoms with E-state index in [0.717, 1.165) is 60.1 Å². The van der Waals surface area contributed by atoms with E-state index in [9.17, 15) is 4.79 Å². The van der Waals surface area contributed by atoms with Crippen LogP contribution in [-0.4, -0.2) is 71.1 Å². The summed E-state index contributed by atoms with van der Waals surface area (Å²) in [7, 11) is 3.42. The number of nitrogens with one attached hydrogen (secondary N) is 2. The lowest BCUT2D eigenvalue weighted by Gasteiger charge is -2.24. The summed E-state index contributed by atoms with van der Waals surface area (Å²) in [5, 5.41) is 4.41. The molecule has 5 rings (SSSR count). The van der Waals surface area contributed by atoms with Crippen LogP contribution in [0.5, 0.6) is 11.5 Å². The third-order valence-electron chi connectivity index (χ3n) is 6.33. The molecule has 3 aromatic rings. The molecule has 0 saturated heterocycles. The second-order valence-corrected chi connectivity index (χ2v) is 8.89. The topological polar surface area (TPSA) is 95.6 Å². The Morgan fingerprint density at radius 1 is 1.24 bits per heavy atom. The van der Waals surface area contributed by atoms with Crippen LogP contribution in [-0.2, 0) is 11.3 Å². The number of carbonyl (C=O) groups excluding carboxylic acids is 1. The number of carbonyl (C=O) groups is 1. The van der Waals surface area contributed by atoms with Gasteiger partial charge < -0.3 is 24.7 Å². The number of nitrogens with zero attached hydrogens (tertiary/aromatic N) is 4. The van der Waals surface area contributed by atoms with E-state index in [1.54, 1.807) is 18.3 Å². The first-order valence-electron chi connectivity index (χ1n) is 11.5. The predicted molar refractivity (Wildman–Crippen MR) is 126 cm³/mol. The average Bonchev–Trinajstić information content (AvgIpc) is 3.54. The van der Waals surface area contributed by atoms with E-state index in [2.05, 4.69) is 25.2 Å². The summed E-state index contributed by atoms with van der Waals surface area (Å²) >= 11 is 0. The fourth-order valence-corrected chi connectivity index (χ4v) is 4.30. The zero-order valence-electron chi connectivity index (χ0n) is 19.1. The van der Waals surface area contributed by atoms with E-state index in [4.69, 9.17) is 9.47 Å². The van der Waals surface area contributed by atoms with Crippen molar-refractivity contribution in [2.45, 2.75) is 25.8 Å². The molecular weight excluding hydrogens is 420 g/mol. The molecule has 0 spiro atoms. The van der Waals surface area contributed by atoms with E-state index in [1.165, 1.54) is 12.8 Å². The molecule has 1 saturated carbocycles. The highest BCUT2D eigenvalue weighted by atomic mass is 16.5. The fraction of sp³-hybridized carbons (Fsp3) is 0.458. The fourth-order valence-electron chi connectivity index (χ4n) is 4.30. The molecule has 1 aliphatic heterocycles. The second-order valence-electron chi connectivity index (χ2n) is 8.89. The van der Waals surface area contributed by atoms with E-state index >= 15 is 0 Å². The van der Waals surface area contributed by atoms with Gasteiger partial charge in [0.25, 0.3) is 5.91 Å². The number of rotatable bonds is 3. The van der Waals surface area contributed by atoms with Crippen LogP contribution in [0.4, 0.5) is 11.5 Å². The average molecular weight is 451 g/mol. The Kier molecular flexibility index (Phi) is 6.04. The van der Waals surface area contributed by atoms with E-state index < -0.39 is 0 Å². The highest BCUT2D eigenvalue weighted by Gasteiger charge is 2.25. The summed E-state index contributed by atoms with van der Waals surface area (Å²) in [5.41, 5.74) is 2.77. The first-order valence-corrected chi connectivity index (χ1v) is 11.5. The van der Waals surface area contributed by atoms with Gasteiger partial charge >= 0.3 is 0 Å². The van der Waals surface area contributed by atoms with Gasteiger partial charge in [-0.05, 0) is 42.9 Å². The molecule has 174 valence electrons. The number of amides is 1. The zero-order valence-corrected chi connectivity index (χ0v) is 19.1. The van der Waals surface area contributed by atoms with Crippen molar-refractivity contribution in [3.8, 4) is 11.5 Å². The lowest BCUT2D eigenvalue weighted by atomic mass is 10.2. The maximum atomic E-state index is 12.6. The van der Waals surface area contributed by atoms with Crippen molar-refractivity contribution >= 4 is 28.4 Å². The van der Waals surface area contributed by atoms with Gasteiger partial charge in [0, 0.05) is 51.2 Å². The molecule has 0 radical (unpaired) electrons. The van der Waals surface area contributed by atoms with Crippen LogP contribution in [0.1, 0.15) is 24.8 Å². The van der Waals surface area contributed by atoms with Gasteiger partial charge in [-0.3, -0.25) is 9.69 Å². The molecule has 1 aliphatic carbocycles. The summed E-state index contributed by atoms with van der Waals surface area (Å²) in [4.78, 5) is 29.1. The number of ether oxygens (including phenoxy) is 2. The lowest BCUT2D eigenvalue weighted by Crippen LogP contribution is -2.35. The summed E-state index contributed by atoms with van der Waals surface area (Å²) in [6.07, 6.45) is 7.09. The summed E-state index contributed by atoms with van der Waals surface area (Å²) in [6, 6.07) is 5.56. The van der Waals surface area contributed by atoms with Gasteiger partial charge in [-0.1, -0.05) is 0 Å². The number of H-pyrrole nitrogens is 1. The minimum absolute atomic E-state index is 0.0399. The van der Waals surface area contributed by atoms with Crippen LogP contribution in [0.25, 0.3) is 11.0 Å². The Labute approximate surface area is 193 Å². The number of hydrogen-bond donors (Lipinski definition) is 2. The molecule has 9 nitrogen and oxygen atoms in total. The molecule has 0 unspecified atom stereocenters. The summed E-state index contributed by atoms with van der Waals surface area (Å²) in [6.45, 7) is 3.45. The van der Waals surface area contributed by atoms with E-state index in [-0.39, 0.29) is 12.5 Å². The predicted octanol–water partition coefficient (Wildman–Crippen LogP) is 3.16. The third kappa shape index (κ3) is 4.88. The smallest absolute Gasteiger partial charge is 0.260 e. The Morgan fingerprint density at radius 3 is 2.94 bits per heavy atom. The van der Waals surface area contributed by atoms with Crippen molar-refractivity contribution in [1.82, 2.24) is 24.8 Å². The van der Waals surface area contributed by atoms with Crippen molar-refractivity contribution in [2.75, 3.05) is 45.7 Å². The molecular formula is C24H30N6O3. The number of aromatic nitrogens is 3. The van der Waals surface area contributed by atoms with Gasteiger partial charge in [0.15, 0.2) is 18.1 Å². The van der Waals surface area contributed by atoms with Crippen LogP contribution < -0.4 is 14.8 Å². The minimum atomic E-state index is -0.0540. The van der Waals surface area contributed by atoms with Crippen LogP contribution in [0.15, 0.2) is 30.7 Å². The van der Waals surface area contributed by atoms with E-state index in [1.807, 2.05) is 31.4 Å². The molecule has 2 aromatic heterocycles. The molecule has 1 amide bonds. The van der Waals surface area contributed by atoms with Crippen molar-refractivity contribution < 1.29 is 14.3 Å². The molecule has 33 heavy (non-hydrogen) atoms. The normalized spacial score (nSPS) is 18.1. The van der Waals surface area contributed by atoms with Crippen LogP contribution in [0.3, 0.4) is 0 Å². The first kappa shape index (κ1) is 21.5. The highest BCUT2D eigenvalue weighted by Crippen LogP contribution is 2.34. The van der Waals surface area contributed by atoms with Gasteiger partial charge in [0.2, 0.25) is 0 Å². The number of methoxy groups -OCH3 is 1. The Balaban J connectivity index is 1.52. The van der Waals surface area contributed by atoms with E-state index in [0.29, 0.717) is 18.0 Å². The van der Waals surface area contributed by atoms with Crippen LogP contribution in [0.2, 0.25) is 0 Å². The van der Waals surface area contributed by atoms with Gasteiger partial charge in [-0.25, -0.2) is 9.97 Å². The van der Waals surface area contributed by atoms with Crippen LogP contribution >= 0.6 is 0 Å². The monoisotopic (exact) mass is 450 g/mol. The highest BCUT2D eigenvalue weighted by molar-refractivity contribution is 5.92. The lowest BCUT2D eigenvalue weighted by molar-refractivity contribution is -0.132. The number of fused-ring (bicyclic) bond motifs is 2. The minimum Gasteiger partial charge on any atom is -0.493 e. The largest absolute Gasteiger partial charge is 0.493 e. The standard InChI is InChI=1S/C24H30N6O3/c1-29-8-3-9-30(12-16-4-5-16)13-17-11-25-23-22(17)24(27-15-26-23)28-18-6-7-19(32-2)20(10-18)33-14-21(29)31/h6-7,10-11,15-16H,3-5,8-9,12-14H2,1-2H3,(H2,25,26,27,28). The molecule has 0 atom stereocenters. The zero-order chi connectivity index (χ0) is 22.8. The summed E-state index contributed by atoms with van der Waals surface area (Å²) in [5.74, 6) is 2.54. The molecule has 9 heteroatoms. The maximum absolute atomic E-state index is 12.6.